The molecule has 1 aromatic rings. The third kappa shape index (κ3) is 4.06. The van der Waals surface area contributed by atoms with Crippen molar-refractivity contribution in [3.8, 4) is 0 Å². The predicted molar refractivity (Wildman–Crippen MR) is 160 cm³/mol. The maximum absolute atomic E-state index is 13.1. The zero-order valence-corrected chi connectivity index (χ0v) is 26.8. The van der Waals surface area contributed by atoms with Gasteiger partial charge in [0.25, 0.3) is 0 Å². The van der Waals surface area contributed by atoms with Gasteiger partial charge in [0.15, 0.2) is 5.79 Å². The number of hydrogen-bond donors (Lipinski definition) is 0. The molecule has 7 rings (SSSR count). The lowest BCUT2D eigenvalue weighted by Gasteiger charge is -2.61. The molecule has 5 heteroatoms. The summed E-state index contributed by atoms with van der Waals surface area (Å²) >= 11 is 3.60. The lowest BCUT2D eigenvalue weighted by molar-refractivity contribution is -0.273. The zero-order chi connectivity index (χ0) is 28.0. The number of ether oxygens (including phenoxy) is 3. The number of aryl methyl sites for hydroxylation is 1. The fraction of sp³-hybridized carbons (Fsp3) is 0.800. The van der Waals surface area contributed by atoms with Crippen LogP contribution >= 0.6 is 15.9 Å². The molecule has 2 aliphatic heterocycles. The molecule has 12 atom stereocenters. The third-order valence-electron chi connectivity index (χ3n) is 13.6. The van der Waals surface area contributed by atoms with E-state index in [1.54, 1.807) is 0 Å². The van der Waals surface area contributed by atoms with Gasteiger partial charge >= 0.3 is 5.97 Å². The van der Waals surface area contributed by atoms with Gasteiger partial charge in [-0.3, -0.25) is 0 Å². The first-order chi connectivity index (χ1) is 19.1. The van der Waals surface area contributed by atoms with Crippen molar-refractivity contribution in [3.05, 3.63) is 33.8 Å². The molecule has 6 fully saturated rings. The highest BCUT2D eigenvalue weighted by Gasteiger charge is 2.69. The van der Waals surface area contributed by atoms with Crippen LogP contribution in [-0.4, -0.2) is 30.6 Å². The molecular weight excluding hydrogens is 564 g/mol. The first-order valence-corrected chi connectivity index (χ1v) is 17.1. The van der Waals surface area contributed by atoms with E-state index in [1.165, 1.54) is 44.9 Å². The SMILES string of the molecule is Cc1cccc(C(=O)O[C@H]2CC[C@@]3(C)[C@@H](CC[C@@H]4[C@@H]3CC[C@]3(C)[C@@H]5[C@H](C[C@@H]43)O[C@]3(CC[C@@H](C)CO3)[C@H]5C)C2)c1Br. The van der Waals surface area contributed by atoms with E-state index >= 15 is 0 Å². The van der Waals surface area contributed by atoms with Crippen LogP contribution in [0.15, 0.2) is 22.7 Å². The molecule has 4 aliphatic carbocycles. The van der Waals surface area contributed by atoms with E-state index < -0.39 is 0 Å². The Labute approximate surface area is 249 Å². The molecule has 1 spiro atoms. The van der Waals surface area contributed by atoms with Crippen molar-refractivity contribution < 1.29 is 19.0 Å². The second kappa shape index (κ2) is 9.81. The van der Waals surface area contributed by atoms with E-state index in [1.807, 2.05) is 25.1 Å². The Hall–Kier alpha value is -0.910. The van der Waals surface area contributed by atoms with Crippen LogP contribution in [0.5, 0.6) is 0 Å². The second-order valence-electron chi connectivity index (χ2n) is 15.4. The van der Waals surface area contributed by atoms with E-state index in [2.05, 4.69) is 43.6 Å². The summed E-state index contributed by atoms with van der Waals surface area (Å²) in [5.74, 6) is 4.31. The highest BCUT2D eigenvalue weighted by atomic mass is 79.9. The molecule has 2 saturated heterocycles. The van der Waals surface area contributed by atoms with Gasteiger partial charge in [-0.05, 0) is 139 Å². The zero-order valence-electron chi connectivity index (χ0n) is 25.2. The van der Waals surface area contributed by atoms with Crippen LogP contribution in [0.2, 0.25) is 0 Å². The Morgan fingerprint density at radius 2 is 1.77 bits per heavy atom. The van der Waals surface area contributed by atoms with Gasteiger partial charge in [-0.1, -0.05) is 39.8 Å². The first kappa shape index (κ1) is 27.9. The molecule has 0 aromatic heterocycles. The Morgan fingerprint density at radius 3 is 2.55 bits per heavy atom. The van der Waals surface area contributed by atoms with Crippen LogP contribution in [0.1, 0.15) is 108 Å². The van der Waals surface area contributed by atoms with Crippen LogP contribution in [0.25, 0.3) is 0 Å². The maximum Gasteiger partial charge on any atom is 0.339 e. The van der Waals surface area contributed by atoms with E-state index in [0.717, 1.165) is 53.7 Å². The molecule has 40 heavy (non-hydrogen) atoms. The quantitative estimate of drug-likeness (QED) is 0.313. The van der Waals surface area contributed by atoms with Crippen molar-refractivity contribution in [3.63, 3.8) is 0 Å². The summed E-state index contributed by atoms with van der Waals surface area (Å²) < 4.78 is 20.5. The van der Waals surface area contributed by atoms with Crippen molar-refractivity contribution in [2.24, 2.45) is 52.3 Å². The van der Waals surface area contributed by atoms with Crippen molar-refractivity contribution >= 4 is 21.9 Å². The van der Waals surface area contributed by atoms with Crippen molar-refractivity contribution in [1.29, 1.82) is 0 Å². The van der Waals surface area contributed by atoms with Gasteiger partial charge in [-0.25, -0.2) is 4.79 Å². The summed E-state index contributed by atoms with van der Waals surface area (Å²) in [5.41, 5.74) is 2.46. The summed E-state index contributed by atoms with van der Waals surface area (Å²) in [5, 5.41) is 0. The number of rotatable bonds is 2. The number of benzene rings is 1. The van der Waals surface area contributed by atoms with E-state index in [9.17, 15) is 4.79 Å². The number of esters is 1. The van der Waals surface area contributed by atoms with Crippen LogP contribution in [0, 0.1) is 59.2 Å². The number of carbonyl (C=O) groups excluding carboxylic acids is 1. The molecule has 220 valence electrons. The van der Waals surface area contributed by atoms with Crippen LogP contribution in [0.4, 0.5) is 0 Å². The summed E-state index contributed by atoms with van der Waals surface area (Å²) in [6.45, 7) is 12.9. The Kier molecular flexibility index (Phi) is 6.84. The van der Waals surface area contributed by atoms with E-state index in [-0.39, 0.29) is 17.9 Å². The molecule has 0 radical (unpaired) electrons. The van der Waals surface area contributed by atoms with Gasteiger partial charge in [-0.2, -0.15) is 0 Å². The molecule has 4 saturated carbocycles. The minimum absolute atomic E-state index is 0.0397. The minimum atomic E-state index is -0.319. The largest absolute Gasteiger partial charge is 0.459 e. The maximum atomic E-state index is 13.1. The Balaban J connectivity index is 1.04. The van der Waals surface area contributed by atoms with Gasteiger partial charge in [0, 0.05) is 16.8 Å². The molecule has 0 bridgehead atoms. The average Bonchev–Trinajstić information content (AvgIpc) is 3.37. The fourth-order valence-corrected chi connectivity index (χ4v) is 11.8. The van der Waals surface area contributed by atoms with Crippen LogP contribution in [-0.2, 0) is 14.2 Å². The summed E-state index contributed by atoms with van der Waals surface area (Å²) in [6.07, 6.45) is 12.5. The molecule has 6 aliphatic rings. The molecular formula is C35H49BrO4. The summed E-state index contributed by atoms with van der Waals surface area (Å²) in [4.78, 5) is 13.1. The van der Waals surface area contributed by atoms with Crippen LogP contribution < -0.4 is 0 Å². The Morgan fingerprint density at radius 1 is 0.975 bits per heavy atom. The monoisotopic (exact) mass is 612 g/mol. The average molecular weight is 614 g/mol. The molecule has 4 nitrogen and oxygen atoms in total. The molecule has 0 unspecified atom stereocenters. The number of fused-ring (bicyclic) bond motifs is 7. The first-order valence-electron chi connectivity index (χ1n) is 16.3. The normalized spacial score (nSPS) is 49.6. The van der Waals surface area contributed by atoms with Crippen molar-refractivity contribution in [1.82, 2.24) is 0 Å². The number of hydrogen-bond acceptors (Lipinski definition) is 4. The van der Waals surface area contributed by atoms with E-state index in [4.69, 9.17) is 14.2 Å². The highest BCUT2D eigenvalue weighted by molar-refractivity contribution is 9.10. The molecule has 0 N–H and O–H groups in total. The summed E-state index contributed by atoms with van der Waals surface area (Å²) in [7, 11) is 0. The van der Waals surface area contributed by atoms with Gasteiger partial charge in [0.1, 0.15) is 6.10 Å². The van der Waals surface area contributed by atoms with E-state index in [0.29, 0.717) is 46.2 Å². The fourth-order valence-electron chi connectivity index (χ4n) is 11.4. The van der Waals surface area contributed by atoms with Gasteiger partial charge in [-0.15, -0.1) is 0 Å². The molecule has 2 heterocycles. The van der Waals surface area contributed by atoms with Gasteiger partial charge < -0.3 is 14.2 Å². The molecule has 1 aromatic carbocycles. The highest BCUT2D eigenvalue weighted by Crippen LogP contribution is 2.71. The smallest absolute Gasteiger partial charge is 0.339 e. The number of halogens is 1. The lowest BCUT2D eigenvalue weighted by atomic mass is 9.44. The number of carbonyl (C=O) groups is 1. The van der Waals surface area contributed by atoms with Crippen molar-refractivity contribution in [2.45, 2.75) is 117 Å². The lowest BCUT2D eigenvalue weighted by Crippen LogP contribution is -2.55. The minimum Gasteiger partial charge on any atom is -0.459 e. The third-order valence-corrected chi connectivity index (χ3v) is 14.6. The molecule has 0 amide bonds. The topological polar surface area (TPSA) is 44.8 Å². The van der Waals surface area contributed by atoms with Crippen LogP contribution in [0.3, 0.4) is 0 Å². The van der Waals surface area contributed by atoms with Crippen molar-refractivity contribution in [2.75, 3.05) is 6.61 Å². The standard InChI is InChI=1S/C35H49BrO4/c1-20-11-16-35(38-19-20)22(3)30-29(40-35)18-28-25-10-9-23-17-24(39-32(37)26-8-6-7-21(2)31(26)36)12-14-33(23,4)27(25)13-15-34(28,30)5/h6-8,20,22-25,27-30H,9-19H2,1-5H3/t20-,22+,23+,24+,25-,27+,28+,29+,30+,33+,34+,35-/m1/s1. The summed E-state index contributed by atoms with van der Waals surface area (Å²) in [6, 6.07) is 5.84. The van der Waals surface area contributed by atoms with Gasteiger partial charge in [0.05, 0.1) is 18.3 Å². The Bertz CT molecular complexity index is 1160. The predicted octanol–water partition coefficient (Wildman–Crippen LogP) is 8.73. The second-order valence-corrected chi connectivity index (χ2v) is 16.2. The van der Waals surface area contributed by atoms with Gasteiger partial charge in [0.2, 0.25) is 0 Å².